The maximum Gasteiger partial charge on any atom is 0.0603 e. The Hall–Kier alpha value is -0.160. The van der Waals surface area contributed by atoms with Crippen molar-refractivity contribution in [1.29, 1.82) is 0 Å². The van der Waals surface area contributed by atoms with Gasteiger partial charge in [-0.3, -0.25) is 0 Å². The minimum absolute atomic E-state index is 0.537. The molecule has 0 amide bonds. The van der Waals surface area contributed by atoms with E-state index in [0.717, 1.165) is 52.2 Å². The molecular formula is C13H29N3O. The number of rotatable bonds is 6. The van der Waals surface area contributed by atoms with Crippen LogP contribution in [-0.2, 0) is 0 Å². The van der Waals surface area contributed by atoms with Crippen molar-refractivity contribution in [2.45, 2.75) is 32.8 Å². The van der Waals surface area contributed by atoms with Gasteiger partial charge in [-0.1, -0.05) is 6.92 Å². The molecule has 0 bridgehead atoms. The second kappa shape index (κ2) is 6.69. The average molecular weight is 243 g/mol. The smallest absolute Gasteiger partial charge is 0.0603 e. The van der Waals surface area contributed by atoms with E-state index in [-0.39, 0.29) is 0 Å². The van der Waals surface area contributed by atoms with Gasteiger partial charge in [-0.2, -0.15) is 0 Å². The van der Waals surface area contributed by atoms with Gasteiger partial charge in [-0.25, -0.2) is 0 Å². The standard InChI is InChI=1S/C13H29N3O/c1-12(10-14)11-16-8-6-15(7-9-16)5-4-13(2,3)17/h12,17H,4-11,14H2,1-3H3. The van der Waals surface area contributed by atoms with Crippen molar-refractivity contribution >= 4 is 0 Å². The summed E-state index contributed by atoms with van der Waals surface area (Å²) in [6.45, 7) is 13.4. The van der Waals surface area contributed by atoms with Crippen LogP contribution in [0.15, 0.2) is 0 Å². The third kappa shape index (κ3) is 6.36. The van der Waals surface area contributed by atoms with Crippen LogP contribution in [0.1, 0.15) is 27.2 Å². The van der Waals surface area contributed by atoms with Gasteiger partial charge in [0.05, 0.1) is 5.60 Å². The van der Waals surface area contributed by atoms with E-state index in [0.29, 0.717) is 5.92 Å². The van der Waals surface area contributed by atoms with Gasteiger partial charge < -0.3 is 20.6 Å². The molecule has 4 nitrogen and oxygen atoms in total. The summed E-state index contributed by atoms with van der Waals surface area (Å²) in [6, 6.07) is 0. The van der Waals surface area contributed by atoms with Crippen LogP contribution in [-0.4, -0.2) is 66.3 Å². The summed E-state index contributed by atoms with van der Waals surface area (Å²) < 4.78 is 0. The van der Waals surface area contributed by atoms with Crippen molar-refractivity contribution < 1.29 is 5.11 Å². The molecule has 1 fully saturated rings. The maximum atomic E-state index is 9.70. The molecule has 1 aliphatic heterocycles. The first-order valence-electron chi connectivity index (χ1n) is 6.78. The Kier molecular flexibility index (Phi) is 5.86. The Morgan fingerprint density at radius 1 is 1.18 bits per heavy atom. The highest BCUT2D eigenvalue weighted by Gasteiger charge is 2.20. The SMILES string of the molecule is CC(CN)CN1CCN(CCC(C)(C)O)CC1. The number of hydrogen-bond acceptors (Lipinski definition) is 4. The van der Waals surface area contributed by atoms with Crippen LogP contribution >= 0.6 is 0 Å². The van der Waals surface area contributed by atoms with Gasteiger partial charge in [0.2, 0.25) is 0 Å². The molecule has 4 heteroatoms. The highest BCUT2D eigenvalue weighted by molar-refractivity contribution is 4.76. The highest BCUT2D eigenvalue weighted by Crippen LogP contribution is 2.11. The summed E-state index contributed by atoms with van der Waals surface area (Å²) in [6.07, 6.45) is 0.853. The number of aliphatic hydroxyl groups is 1. The van der Waals surface area contributed by atoms with E-state index in [2.05, 4.69) is 16.7 Å². The van der Waals surface area contributed by atoms with Gasteiger partial charge in [0, 0.05) is 39.3 Å². The predicted molar refractivity (Wildman–Crippen MR) is 72.0 cm³/mol. The van der Waals surface area contributed by atoms with Crippen molar-refractivity contribution in [3.8, 4) is 0 Å². The molecule has 1 atom stereocenters. The van der Waals surface area contributed by atoms with Gasteiger partial charge in [0.1, 0.15) is 0 Å². The largest absolute Gasteiger partial charge is 0.390 e. The third-order valence-electron chi connectivity index (χ3n) is 3.48. The maximum absolute atomic E-state index is 9.70. The highest BCUT2D eigenvalue weighted by atomic mass is 16.3. The molecule has 0 spiro atoms. The van der Waals surface area contributed by atoms with Crippen molar-refractivity contribution in [2.75, 3.05) is 45.8 Å². The van der Waals surface area contributed by atoms with E-state index in [1.54, 1.807) is 0 Å². The Balaban J connectivity index is 2.17. The van der Waals surface area contributed by atoms with Crippen LogP contribution in [0.4, 0.5) is 0 Å². The normalized spacial score (nSPS) is 21.7. The summed E-state index contributed by atoms with van der Waals surface area (Å²) in [5.41, 5.74) is 5.11. The Labute approximate surface area is 106 Å². The first kappa shape index (κ1) is 14.9. The van der Waals surface area contributed by atoms with Crippen LogP contribution in [0, 0.1) is 5.92 Å². The second-order valence-electron chi connectivity index (χ2n) is 6.05. The lowest BCUT2D eigenvalue weighted by Gasteiger charge is -2.36. The fourth-order valence-electron chi connectivity index (χ4n) is 2.14. The number of nitrogens with two attached hydrogens (primary N) is 1. The van der Waals surface area contributed by atoms with Gasteiger partial charge in [0.25, 0.3) is 0 Å². The predicted octanol–water partition coefficient (Wildman–Crippen LogP) is 0.360. The van der Waals surface area contributed by atoms with Crippen LogP contribution < -0.4 is 5.73 Å². The first-order chi connectivity index (χ1) is 7.90. The molecule has 0 aromatic heterocycles. The van der Waals surface area contributed by atoms with Gasteiger partial charge in [0.15, 0.2) is 0 Å². The summed E-state index contributed by atoms with van der Waals surface area (Å²) in [5.74, 6) is 0.595. The van der Waals surface area contributed by atoms with Crippen molar-refractivity contribution in [1.82, 2.24) is 9.80 Å². The molecule has 0 radical (unpaired) electrons. The van der Waals surface area contributed by atoms with E-state index in [1.165, 1.54) is 0 Å². The molecule has 1 aliphatic rings. The van der Waals surface area contributed by atoms with E-state index in [4.69, 9.17) is 5.73 Å². The van der Waals surface area contributed by atoms with E-state index in [9.17, 15) is 5.11 Å². The topological polar surface area (TPSA) is 52.7 Å². The molecule has 0 saturated carbocycles. The Morgan fingerprint density at radius 2 is 1.71 bits per heavy atom. The van der Waals surface area contributed by atoms with Crippen molar-refractivity contribution in [3.05, 3.63) is 0 Å². The number of hydrogen-bond donors (Lipinski definition) is 2. The lowest BCUT2D eigenvalue weighted by atomic mass is 10.1. The molecule has 17 heavy (non-hydrogen) atoms. The minimum Gasteiger partial charge on any atom is -0.390 e. The fourth-order valence-corrected chi connectivity index (χ4v) is 2.14. The molecule has 0 aromatic rings. The zero-order chi connectivity index (χ0) is 12.9. The molecule has 1 rings (SSSR count). The van der Waals surface area contributed by atoms with Crippen LogP contribution in [0.5, 0.6) is 0 Å². The molecular weight excluding hydrogens is 214 g/mol. The summed E-state index contributed by atoms with van der Waals surface area (Å²) in [5, 5.41) is 9.70. The van der Waals surface area contributed by atoms with Crippen LogP contribution in [0.2, 0.25) is 0 Å². The third-order valence-corrected chi connectivity index (χ3v) is 3.48. The second-order valence-corrected chi connectivity index (χ2v) is 6.05. The molecule has 1 heterocycles. The van der Waals surface area contributed by atoms with Crippen molar-refractivity contribution in [2.24, 2.45) is 11.7 Å². The monoisotopic (exact) mass is 243 g/mol. The summed E-state index contributed by atoms with van der Waals surface area (Å²) in [7, 11) is 0. The van der Waals surface area contributed by atoms with E-state index < -0.39 is 5.60 Å². The molecule has 0 aliphatic carbocycles. The molecule has 0 aromatic carbocycles. The minimum atomic E-state index is -0.537. The molecule has 1 saturated heterocycles. The van der Waals surface area contributed by atoms with Gasteiger partial charge >= 0.3 is 0 Å². The average Bonchev–Trinajstić information content (AvgIpc) is 2.27. The Bertz CT molecular complexity index is 207. The van der Waals surface area contributed by atoms with E-state index >= 15 is 0 Å². The van der Waals surface area contributed by atoms with Crippen molar-refractivity contribution in [3.63, 3.8) is 0 Å². The van der Waals surface area contributed by atoms with Gasteiger partial charge in [-0.05, 0) is 32.7 Å². The first-order valence-corrected chi connectivity index (χ1v) is 6.78. The zero-order valence-corrected chi connectivity index (χ0v) is 11.7. The van der Waals surface area contributed by atoms with Crippen LogP contribution in [0.25, 0.3) is 0 Å². The van der Waals surface area contributed by atoms with E-state index in [1.807, 2.05) is 13.8 Å². The number of nitrogens with zero attached hydrogens (tertiary/aromatic N) is 2. The van der Waals surface area contributed by atoms with Crippen LogP contribution in [0.3, 0.4) is 0 Å². The van der Waals surface area contributed by atoms with Gasteiger partial charge in [-0.15, -0.1) is 0 Å². The lowest BCUT2D eigenvalue weighted by molar-refractivity contribution is 0.0462. The molecule has 102 valence electrons. The molecule has 3 N–H and O–H groups in total. The Morgan fingerprint density at radius 3 is 2.18 bits per heavy atom. The lowest BCUT2D eigenvalue weighted by Crippen LogP contribution is -2.48. The molecule has 1 unspecified atom stereocenters. The zero-order valence-electron chi connectivity index (χ0n) is 11.7. The number of piperazine rings is 1. The summed E-state index contributed by atoms with van der Waals surface area (Å²) in [4.78, 5) is 4.94. The summed E-state index contributed by atoms with van der Waals surface area (Å²) >= 11 is 0. The quantitative estimate of drug-likeness (QED) is 0.707. The fraction of sp³-hybridized carbons (Fsp3) is 1.00.